The van der Waals surface area contributed by atoms with E-state index in [2.05, 4.69) is 68.6 Å². The third-order valence-electron chi connectivity index (χ3n) is 19.2. The Bertz CT molecular complexity index is 4520. The highest BCUT2D eigenvalue weighted by Crippen LogP contribution is 2.35. The number of nitrogens with zero attached hydrogens (tertiary/aromatic N) is 4. The number of halogens is 1. The van der Waals surface area contributed by atoms with Gasteiger partial charge >= 0.3 is 12.0 Å². The molecule has 0 aliphatic carbocycles. The maximum atomic E-state index is 16.3. The first-order valence-electron chi connectivity index (χ1n) is 38.4. The largest absolute Gasteiger partial charge is 0.461 e. The first-order valence-corrected chi connectivity index (χ1v) is 39.2. The van der Waals surface area contributed by atoms with Crippen molar-refractivity contribution < 1.29 is 81.7 Å². The molecule has 3 heterocycles. The monoisotopic (exact) mass is 1640 g/mol. The highest BCUT2D eigenvalue weighted by Gasteiger charge is 2.39. The molecule has 2 unspecified atom stereocenters. The maximum Gasteiger partial charge on any atom is 0.349 e. The van der Waals surface area contributed by atoms with Gasteiger partial charge in [0.05, 0.1) is 46.3 Å². The molecule has 1 aliphatic rings. The van der Waals surface area contributed by atoms with Crippen molar-refractivity contribution in [2.45, 2.75) is 169 Å². The van der Waals surface area contributed by atoms with Crippen LogP contribution in [0.4, 0.5) is 14.9 Å². The van der Waals surface area contributed by atoms with E-state index in [4.69, 9.17) is 27.7 Å². The van der Waals surface area contributed by atoms with Gasteiger partial charge in [0.25, 0.3) is 5.91 Å². The Hall–Kier alpha value is -11.6. The van der Waals surface area contributed by atoms with E-state index in [1.807, 2.05) is 0 Å². The van der Waals surface area contributed by atoms with Crippen molar-refractivity contribution in [1.29, 1.82) is 0 Å². The van der Waals surface area contributed by atoms with Crippen molar-refractivity contribution in [2.75, 3.05) is 51.7 Å². The number of aromatic nitrogens is 3. The van der Waals surface area contributed by atoms with Crippen LogP contribution in [-0.4, -0.2) is 215 Å². The molecular formula is C80H106FN19O16S. The minimum Gasteiger partial charge on any atom is -0.461 e. The van der Waals surface area contributed by atoms with E-state index in [-0.39, 0.29) is 87.8 Å². The Labute approximate surface area is 680 Å². The number of anilines is 1. The van der Waals surface area contributed by atoms with Crippen LogP contribution in [0.3, 0.4) is 0 Å². The number of fused-ring (bicyclic) bond motifs is 1. The topological polar surface area (TPSA) is 542 Å². The van der Waals surface area contributed by atoms with Gasteiger partial charge in [0.15, 0.2) is 0 Å². The predicted octanol–water partition coefficient (Wildman–Crippen LogP) is 0.000200. The number of para-hydroxylation sites is 1. The number of esters is 1. The summed E-state index contributed by atoms with van der Waals surface area (Å²) in [4.78, 5) is 191. The lowest BCUT2D eigenvalue weighted by atomic mass is 9.94. The predicted molar refractivity (Wildman–Crippen MR) is 433 cm³/mol. The Morgan fingerprint density at radius 3 is 1.86 bits per heavy atom. The number of hydrogen-bond donors (Lipinski definition) is 17. The number of benzene rings is 4. The number of aliphatic hydroxyl groups excluding tert-OH is 2. The number of hydrogen-bond acceptors (Lipinski definition) is 23. The molecule has 0 bridgehead atoms. The molecule has 35 nitrogen and oxygen atoms in total. The molecule has 1 fully saturated rings. The van der Waals surface area contributed by atoms with Crippen molar-refractivity contribution in [1.82, 2.24) is 73.2 Å². The third-order valence-corrected chi connectivity index (χ3v) is 20.3. The van der Waals surface area contributed by atoms with Crippen molar-refractivity contribution in [2.24, 2.45) is 40.7 Å². The van der Waals surface area contributed by atoms with Gasteiger partial charge in [-0.05, 0) is 151 Å². The number of carbonyl (C=O) groups excluding carboxylic acids is 13. The summed E-state index contributed by atoms with van der Waals surface area (Å²) in [5, 5.41) is 55.2. The van der Waals surface area contributed by atoms with E-state index in [1.165, 1.54) is 58.8 Å². The zero-order valence-corrected chi connectivity index (χ0v) is 67.2. The second kappa shape index (κ2) is 45.0. The molecule has 6 aromatic rings. The van der Waals surface area contributed by atoms with Crippen LogP contribution in [0.1, 0.15) is 113 Å². The summed E-state index contributed by atoms with van der Waals surface area (Å²) < 4.78 is 23.1. The average Bonchev–Trinajstić information content (AvgIpc) is 1.61. The maximum absolute atomic E-state index is 16.3. The van der Waals surface area contributed by atoms with Crippen molar-refractivity contribution in [3.05, 3.63) is 149 Å². The SMILES string of the molecule is CNC(=O)c1ccccc1Sc1ccc2c(/C=C/c3ccccn3)nn(C(=O)N(C)c3c(F)cccc3COC(=O)C(C)C(C)C(=O)N[C@H](C(=O)N[C@@H](CCN)C(=O)N[C@H]3CCNC(=O)[C@H]([C@@H](C)O)NC(=O)[C@H](CCN)NC(=O)[C@H](CCN)NC(=O)[C@H](CC(C)C)NC(=O)[C@@H](Cc4ccccc4)NC(=O)[C@H](CCN)NC3=O)[C@@H](C)O)c2c1. The van der Waals surface area contributed by atoms with Crippen LogP contribution in [0.2, 0.25) is 0 Å². The lowest BCUT2D eigenvalue weighted by molar-refractivity contribution is -0.153. The fraction of sp³-hybridized carbons (Fsp3) is 0.438. The Morgan fingerprint density at radius 2 is 1.26 bits per heavy atom. The molecule has 21 N–H and O–H groups in total. The van der Waals surface area contributed by atoms with Gasteiger partial charge in [-0.1, -0.05) is 100 Å². The van der Waals surface area contributed by atoms with Gasteiger partial charge in [-0.25, -0.2) is 9.18 Å². The molecule has 0 spiro atoms. The fourth-order valence-corrected chi connectivity index (χ4v) is 13.5. The van der Waals surface area contributed by atoms with Crippen LogP contribution in [0.15, 0.2) is 125 Å². The van der Waals surface area contributed by atoms with Gasteiger partial charge in [0.2, 0.25) is 59.1 Å². The van der Waals surface area contributed by atoms with Gasteiger partial charge in [-0.15, -0.1) is 0 Å². The molecule has 4 aromatic carbocycles. The summed E-state index contributed by atoms with van der Waals surface area (Å²) in [7, 11) is 2.82. The van der Waals surface area contributed by atoms with Crippen molar-refractivity contribution in [3.63, 3.8) is 0 Å². The molecule has 117 heavy (non-hydrogen) atoms. The van der Waals surface area contributed by atoms with Crippen LogP contribution in [0.5, 0.6) is 0 Å². The normalized spacial score (nSPS) is 19.8. The quantitative estimate of drug-likeness (QED) is 0.0264. The first kappa shape index (κ1) is 92.6. The first-order chi connectivity index (χ1) is 55.8. The van der Waals surface area contributed by atoms with Crippen LogP contribution in [0, 0.1) is 23.6 Å². The zero-order chi connectivity index (χ0) is 85.7. The smallest absolute Gasteiger partial charge is 0.349 e. The molecule has 2 aromatic heterocycles. The number of rotatable bonds is 30. The van der Waals surface area contributed by atoms with Crippen molar-refractivity contribution in [3.8, 4) is 0 Å². The minimum atomic E-state index is -1.85. The van der Waals surface area contributed by atoms with E-state index in [1.54, 1.807) is 123 Å². The highest BCUT2D eigenvalue weighted by molar-refractivity contribution is 7.99. The molecule has 0 saturated carbocycles. The van der Waals surface area contributed by atoms with Gasteiger partial charge < -0.3 is 96.4 Å². The number of nitrogens with one attached hydrogen (secondary N) is 11. The zero-order valence-electron chi connectivity index (χ0n) is 66.4. The number of pyridine rings is 1. The lowest BCUT2D eigenvalue weighted by Crippen LogP contribution is -2.61. The molecule has 37 heteroatoms. The highest BCUT2D eigenvalue weighted by atomic mass is 32.2. The lowest BCUT2D eigenvalue weighted by Gasteiger charge is -2.29. The van der Waals surface area contributed by atoms with Crippen LogP contribution in [-0.2, 0) is 70.5 Å². The van der Waals surface area contributed by atoms with E-state index in [0.717, 1.165) is 22.6 Å². The summed E-state index contributed by atoms with van der Waals surface area (Å²) in [6.07, 6.45) is -0.00795. The molecule has 1 aliphatic heterocycles. The van der Waals surface area contributed by atoms with Gasteiger partial charge in [-0.3, -0.25) is 67.4 Å². The van der Waals surface area contributed by atoms with Gasteiger partial charge in [0, 0.05) is 59.9 Å². The molecule has 0 radical (unpaired) electrons. The van der Waals surface area contributed by atoms with Crippen LogP contribution < -0.4 is 86.3 Å². The van der Waals surface area contributed by atoms with Gasteiger partial charge in [-0.2, -0.15) is 9.78 Å². The van der Waals surface area contributed by atoms with Crippen molar-refractivity contribution >= 4 is 117 Å². The Balaban J connectivity index is 1.09. The number of nitrogens with two attached hydrogens (primary N) is 4. The average molecular weight is 1640 g/mol. The summed E-state index contributed by atoms with van der Waals surface area (Å²) in [6.45, 7) is 6.51. The third kappa shape index (κ3) is 26.2. The fourth-order valence-electron chi connectivity index (χ4n) is 12.6. The number of aliphatic hydroxyl groups is 2. The molecular weight excluding hydrogens is 1530 g/mol. The summed E-state index contributed by atoms with van der Waals surface area (Å²) >= 11 is 1.27. The molecule has 630 valence electrons. The summed E-state index contributed by atoms with van der Waals surface area (Å²) in [5.74, 6) is -15.0. The van der Waals surface area contributed by atoms with Gasteiger partial charge in [0.1, 0.15) is 66.8 Å². The standard InChI is InChI=1S/C80H106FN19O16S/c1-43(2)39-61-75(110)91-56(28-33-82)70(105)90-59(31-36-85)74(109)97-65(46(5)101)77(112)88-38-32-60(73(108)89-57(29-34-83)72(107)95-62(76(111)94-61)40-48-17-10-9-11-18-48)92-71(106)58(30-35-84)93-78(113)66(47(6)102)96-68(103)44(3)45(4)79(114)116-42-49-19-16-22-54(81)67(49)99(8)80(115)100-63-41-51(117-64-23-13-12-21-53(64)69(104)86-7)25-26-52(63)55(98-100)27-24-50-20-14-15-37-87-50/h9-27,37,41,43-47,56-62,65-66,101-102H,28-36,38-40,42,82-85H2,1-8H3,(H,86,104)(H,88,112)(H,89,108)(H,90,105)(H,91,110)(H,92,106)(H,93,113)(H,94,111)(H,95,107)(H,96,103)(H,97,109)/b27-24+/t44?,45?,46-,47-,56+,57+,58+,59+,60+,61+,62-,65+,66+/m1/s1. The van der Waals surface area contributed by atoms with E-state index in [0.29, 0.717) is 43.2 Å². The number of carbonyl (C=O) groups is 13. The molecule has 7 rings (SSSR count). The Kier molecular flexibility index (Phi) is 35.6. The molecule has 13 atom stereocenters. The second-order valence-corrected chi connectivity index (χ2v) is 29.7. The minimum absolute atomic E-state index is 0.0128. The Morgan fingerprint density at radius 1 is 0.658 bits per heavy atom. The molecule has 1 saturated heterocycles. The second-order valence-electron chi connectivity index (χ2n) is 28.6. The van der Waals surface area contributed by atoms with Crippen LogP contribution in [0.25, 0.3) is 23.1 Å². The number of ether oxygens (including phenoxy) is 1. The summed E-state index contributed by atoms with van der Waals surface area (Å²) in [5.41, 5.74) is 25.7. The van der Waals surface area contributed by atoms with E-state index < -0.39 is 175 Å². The number of amides is 12. The summed E-state index contributed by atoms with van der Waals surface area (Å²) in [6, 6.07) is 14.8. The molecule has 12 amide bonds. The van der Waals surface area contributed by atoms with E-state index >= 15 is 4.39 Å². The van der Waals surface area contributed by atoms with E-state index in [9.17, 15) is 72.5 Å². The van der Waals surface area contributed by atoms with Crippen LogP contribution >= 0.6 is 11.8 Å².